The van der Waals surface area contributed by atoms with E-state index >= 15 is 0 Å². The first kappa shape index (κ1) is 17.1. The highest BCUT2D eigenvalue weighted by Crippen LogP contribution is 2.39. The summed E-state index contributed by atoms with van der Waals surface area (Å²) in [6, 6.07) is 13.8. The Labute approximate surface area is 150 Å². The van der Waals surface area contributed by atoms with Crippen LogP contribution >= 0.6 is 11.8 Å². The highest BCUT2D eigenvalue weighted by Gasteiger charge is 2.31. The number of allylic oxidation sites excluding steroid dienone is 2. The second-order valence-electron chi connectivity index (χ2n) is 6.26. The number of nitrogens with zero attached hydrogens (tertiary/aromatic N) is 1. The van der Waals surface area contributed by atoms with Crippen molar-refractivity contribution in [3.05, 3.63) is 64.7 Å². The Morgan fingerprint density at radius 3 is 2.64 bits per heavy atom. The number of rotatable bonds is 4. The number of thioether (sulfide) groups is 1. The zero-order chi connectivity index (χ0) is 18.0. The smallest absolute Gasteiger partial charge is 0.319 e. The average molecular weight is 350 g/mol. The molecule has 2 N–H and O–H groups in total. The molecule has 1 aliphatic rings. The standard InChI is InChI=1S/C20H18N2O2S/c1-20(2,19(23)24)25-18-17(8-5-11-22-18)16-10-9-13(12-21)14-6-3-4-7-15(14)16/h3-10,22H,11H2,1-2H3,(H,23,24). The lowest BCUT2D eigenvalue weighted by Gasteiger charge is -2.25. The van der Waals surface area contributed by atoms with Gasteiger partial charge in [-0.2, -0.15) is 5.26 Å². The van der Waals surface area contributed by atoms with Gasteiger partial charge < -0.3 is 10.4 Å². The van der Waals surface area contributed by atoms with Crippen LogP contribution < -0.4 is 5.32 Å². The SMILES string of the molecule is CC(C)(SC1=C(c2ccc(C#N)c3ccccc23)C=CCN1)C(=O)O. The van der Waals surface area contributed by atoms with Crippen molar-refractivity contribution in [3.63, 3.8) is 0 Å². The Hall–Kier alpha value is -2.71. The van der Waals surface area contributed by atoms with Crippen LogP contribution in [0.1, 0.15) is 25.0 Å². The van der Waals surface area contributed by atoms with E-state index in [-0.39, 0.29) is 0 Å². The van der Waals surface area contributed by atoms with Crippen molar-refractivity contribution in [2.45, 2.75) is 18.6 Å². The first-order valence-electron chi connectivity index (χ1n) is 7.93. The number of carboxylic acid groups (broad SMARTS) is 1. The van der Waals surface area contributed by atoms with Gasteiger partial charge in [-0.1, -0.05) is 54.2 Å². The molecule has 2 aromatic carbocycles. The van der Waals surface area contributed by atoms with E-state index < -0.39 is 10.7 Å². The number of fused-ring (bicyclic) bond motifs is 1. The quantitative estimate of drug-likeness (QED) is 0.867. The molecule has 0 amide bonds. The van der Waals surface area contributed by atoms with Crippen LogP contribution in [0.3, 0.4) is 0 Å². The van der Waals surface area contributed by atoms with Crippen LogP contribution in [-0.4, -0.2) is 22.4 Å². The third-order valence-electron chi connectivity index (χ3n) is 4.12. The number of hydrogen-bond acceptors (Lipinski definition) is 4. The van der Waals surface area contributed by atoms with Crippen LogP contribution in [0.15, 0.2) is 53.6 Å². The second-order valence-corrected chi connectivity index (χ2v) is 7.89. The summed E-state index contributed by atoms with van der Waals surface area (Å²) in [5.41, 5.74) is 2.57. The molecule has 0 saturated carbocycles. The molecule has 5 heteroatoms. The molecule has 126 valence electrons. The predicted octanol–water partition coefficient (Wildman–Crippen LogP) is 4.14. The van der Waals surface area contributed by atoms with Crippen molar-refractivity contribution in [1.82, 2.24) is 5.32 Å². The maximum absolute atomic E-state index is 11.5. The van der Waals surface area contributed by atoms with E-state index in [1.54, 1.807) is 13.8 Å². The summed E-state index contributed by atoms with van der Waals surface area (Å²) in [6.07, 6.45) is 4.03. The topological polar surface area (TPSA) is 73.1 Å². The molecule has 4 nitrogen and oxygen atoms in total. The zero-order valence-corrected chi connectivity index (χ0v) is 14.9. The lowest BCUT2D eigenvalue weighted by molar-refractivity contribution is -0.138. The van der Waals surface area contributed by atoms with Gasteiger partial charge in [0.2, 0.25) is 0 Å². The van der Waals surface area contributed by atoms with Crippen molar-refractivity contribution < 1.29 is 9.90 Å². The fourth-order valence-electron chi connectivity index (χ4n) is 2.73. The van der Waals surface area contributed by atoms with Crippen LogP contribution in [0.25, 0.3) is 16.3 Å². The van der Waals surface area contributed by atoms with E-state index in [2.05, 4.69) is 11.4 Å². The number of dihydropyridines is 1. The average Bonchev–Trinajstić information content (AvgIpc) is 2.61. The fraction of sp³-hybridized carbons (Fsp3) is 0.200. The number of carbonyl (C=O) groups is 1. The van der Waals surface area contributed by atoms with E-state index in [0.717, 1.165) is 26.9 Å². The van der Waals surface area contributed by atoms with Gasteiger partial charge in [-0.25, -0.2) is 0 Å². The summed E-state index contributed by atoms with van der Waals surface area (Å²) in [6.45, 7) is 4.05. The maximum Gasteiger partial charge on any atom is 0.319 e. The van der Waals surface area contributed by atoms with Crippen LogP contribution in [0.5, 0.6) is 0 Å². The third kappa shape index (κ3) is 3.26. The monoisotopic (exact) mass is 350 g/mol. The highest BCUT2D eigenvalue weighted by molar-refractivity contribution is 8.05. The molecule has 0 aromatic heterocycles. The molecular weight excluding hydrogens is 332 g/mol. The van der Waals surface area contributed by atoms with Crippen molar-refractivity contribution in [1.29, 1.82) is 5.26 Å². The Kier molecular flexibility index (Phi) is 4.56. The first-order chi connectivity index (χ1) is 11.9. The number of carboxylic acids is 1. The summed E-state index contributed by atoms with van der Waals surface area (Å²) in [5, 5.41) is 24.8. The molecule has 0 aliphatic carbocycles. The van der Waals surface area contributed by atoms with E-state index in [4.69, 9.17) is 0 Å². The van der Waals surface area contributed by atoms with Crippen molar-refractivity contribution in [3.8, 4) is 6.07 Å². The van der Waals surface area contributed by atoms with Gasteiger partial charge in [0.1, 0.15) is 4.75 Å². The molecule has 3 rings (SSSR count). The summed E-state index contributed by atoms with van der Waals surface area (Å²) < 4.78 is -0.943. The van der Waals surface area contributed by atoms with Gasteiger partial charge in [-0.3, -0.25) is 4.79 Å². The van der Waals surface area contributed by atoms with Crippen LogP contribution in [0, 0.1) is 11.3 Å². The van der Waals surface area contributed by atoms with E-state index in [0.29, 0.717) is 12.1 Å². The van der Waals surface area contributed by atoms with Gasteiger partial charge in [0.25, 0.3) is 0 Å². The van der Waals surface area contributed by atoms with Gasteiger partial charge in [0, 0.05) is 17.5 Å². The van der Waals surface area contributed by atoms with Crippen LogP contribution in [-0.2, 0) is 4.79 Å². The van der Waals surface area contributed by atoms with Gasteiger partial charge in [0.15, 0.2) is 0 Å². The Morgan fingerprint density at radius 1 is 1.24 bits per heavy atom. The predicted molar refractivity (Wildman–Crippen MR) is 102 cm³/mol. The minimum Gasteiger partial charge on any atom is -0.480 e. The summed E-state index contributed by atoms with van der Waals surface area (Å²) in [7, 11) is 0. The summed E-state index contributed by atoms with van der Waals surface area (Å²) in [5.74, 6) is -0.856. The van der Waals surface area contributed by atoms with Crippen LogP contribution in [0.4, 0.5) is 0 Å². The van der Waals surface area contributed by atoms with Gasteiger partial charge in [0.05, 0.1) is 16.7 Å². The zero-order valence-electron chi connectivity index (χ0n) is 14.0. The molecule has 1 heterocycles. The number of hydrogen-bond donors (Lipinski definition) is 2. The van der Waals surface area contributed by atoms with E-state index in [1.807, 2.05) is 48.6 Å². The molecule has 25 heavy (non-hydrogen) atoms. The van der Waals surface area contributed by atoms with Crippen molar-refractivity contribution in [2.24, 2.45) is 0 Å². The Bertz CT molecular complexity index is 952. The molecule has 1 aliphatic heterocycles. The second kappa shape index (κ2) is 6.66. The minimum absolute atomic E-state index is 0.632. The molecule has 0 radical (unpaired) electrons. The maximum atomic E-state index is 11.5. The highest BCUT2D eigenvalue weighted by atomic mass is 32.2. The normalized spacial score (nSPS) is 14.3. The molecule has 0 atom stereocenters. The molecule has 0 saturated heterocycles. The van der Waals surface area contributed by atoms with Gasteiger partial charge in [-0.05, 0) is 30.9 Å². The lowest BCUT2D eigenvalue weighted by atomic mass is 9.95. The molecule has 2 aromatic rings. The lowest BCUT2D eigenvalue weighted by Crippen LogP contribution is -2.30. The first-order valence-corrected chi connectivity index (χ1v) is 8.75. The number of nitriles is 1. The van der Waals surface area contributed by atoms with Crippen LogP contribution in [0.2, 0.25) is 0 Å². The summed E-state index contributed by atoms with van der Waals surface area (Å²) in [4.78, 5) is 11.5. The Balaban J connectivity index is 2.19. The molecular formula is C20H18N2O2S. The number of benzene rings is 2. The van der Waals surface area contributed by atoms with Crippen molar-refractivity contribution in [2.75, 3.05) is 6.54 Å². The number of nitrogens with one attached hydrogen (secondary N) is 1. The largest absolute Gasteiger partial charge is 0.480 e. The molecule has 0 unspecified atom stereocenters. The minimum atomic E-state index is -0.943. The molecule has 0 bridgehead atoms. The van der Waals surface area contributed by atoms with E-state index in [1.165, 1.54) is 11.8 Å². The van der Waals surface area contributed by atoms with Gasteiger partial charge in [-0.15, -0.1) is 0 Å². The number of aliphatic carboxylic acids is 1. The van der Waals surface area contributed by atoms with Gasteiger partial charge >= 0.3 is 5.97 Å². The molecule has 0 fully saturated rings. The Morgan fingerprint density at radius 2 is 1.96 bits per heavy atom. The third-order valence-corrected chi connectivity index (χ3v) is 5.37. The van der Waals surface area contributed by atoms with Crippen molar-refractivity contribution >= 4 is 34.1 Å². The van der Waals surface area contributed by atoms with E-state index in [9.17, 15) is 15.2 Å². The summed E-state index contributed by atoms with van der Waals surface area (Å²) >= 11 is 1.31. The fourth-order valence-corrected chi connectivity index (χ4v) is 3.77. The molecule has 0 spiro atoms.